The lowest BCUT2D eigenvalue weighted by Crippen LogP contribution is -2.28. The summed E-state index contributed by atoms with van der Waals surface area (Å²) in [5, 5.41) is 0. The molecule has 0 aromatic heterocycles. The summed E-state index contributed by atoms with van der Waals surface area (Å²) in [6, 6.07) is 0. The van der Waals surface area contributed by atoms with Crippen molar-refractivity contribution in [2.75, 3.05) is 19.6 Å². The first-order chi connectivity index (χ1) is 6.20. The fourth-order valence-electron chi connectivity index (χ4n) is 3.23. The Morgan fingerprint density at radius 2 is 1.85 bits per heavy atom. The molecule has 0 amide bonds. The Bertz CT molecular complexity index is 168. The zero-order valence-electron chi connectivity index (χ0n) is 9.18. The van der Waals surface area contributed by atoms with Crippen LogP contribution in [0.15, 0.2) is 0 Å². The van der Waals surface area contributed by atoms with Crippen LogP contribution in [0.4, 0.5) is 0 Å². The third-order valence-electron chi connectivity index (χ3n) is 3.80. The Morgan fingerprint density at radius 1 is 1.15 bits per heavy atom. The zero-order valence-corrected chi connectivity index (χ0v) is 9.18. The van der Waals surface area contributed by atoms with Crippen LogP contribution in [0, 0.1) is 11.3 Å². The predicted octanol–water partition coefficient (Wildman–Crippen LogP) is 2.91. The molecule has 2 rings (SSSR count). The molecule has 76 valence electrons. The van der Waals surface area contributed by atoms with E-state index in [1.165, 1.54) is 51.7 Å². The van der Waals surface area contributed by atoms with Gasteiger partial charge in [-0.2, -0.15) is 0 Å². The van der Waals surface area contributed by atoms with Gasteiger partial charge in [-0.3, -0.25) is 0 Å². The van der Waals surface area contributed by atoms with Crippen molar-refractivity contribution in [3.63, 3.8) is 0 Å². The van der Waals surface area contributed by atoms with Crippen LogP contribution in [0.3, 0.4) is 0 Å². The Hall–Kier alpha value is -0.0400. The molecule has 1 saturated heterocycles. The first kappa shape index (κ1) is 9.51. The second-order valence-electron chi connectivity index (χ2n) is 5.59. The van der Waals surface area contributed by atoms with Crippen LogP contribution in [0.1, 0.15) is 46.0 Å². The quantitative estimate of drug-likeness (QED) is 0.633. The summed E-state index contributed by atoms with van der Waals surface area (Å²) in [5.41, 5.74) is 0.773. The van der Waals surface area contributed by atoms with Crippen molar-refractivity contribution in [1.82, 2.24) is 4.90 Å². The summed E-state index contributed by atoms with van der Waals surface area (Å²) in [7, 11) is 0. The summed E-state index contributed by atoms with van der Waals surface area (Å²) >= 11 is 0. The van der Waals surface area contributed by atoms with E-state index in [-0.39, 0.29) is 0 Å². The summed E-state index contributed by atoms with van der Waals surface area (Å²) in [6.07, 6.45) is 7.51. The monoisotopic (exact) mass is 181 g/mol. The van der Waals surface area contributed by atoms with Gasteiger partial charge in [-0.1, -0.05) is 26.7 Å². The fraction of sp³-hybridized carbons (Fsp3) is 1.00. The summed E-state index contributed by atoms with van der Waals surface area (Å²) < 4.78 is 0. The Labute approximate surface area is 82.5 Å². The topological polar surface area (TPSA) is 3.24 Å². The van der Waals surface area contributed by atoms with Gasteiger partial charge >= 0.3 is 0 Å². The summed E-state index contributed by atoms with van der Waals surface area (Å²) in [6.45, 7) is 8.77. The van der Waals surface area contributed by atoms with E-state index >= 15 is 0 Å². The standard InChI is InChI=1S/C12H23N/c1-11(2)9-13-8-7-12(10-13)5-3-4-6-12/h11H,3-10H2,1-2H3. The van der Waals surface area contributed by atoms with Gasteiger partial charge < -0.3 is 4.90 Å². The Kier molecular flexibility index (Phi) is 2.64. The molecular weight excluding hydrogens is 158 g/mol. The minimum atomic E-state index is 0.773. The number of rotatable bonds is 2. The molecule has 1 heterocycles. The van der Waals surface area contributed by atoms with Gasteiger partial charge in [0.2, 0.25) is 0 Å². The van der Waals surface area contributed by atoms with E-state index in [4.69, 9.17) is 0 Å². The van der Waals surface area contributed by atoms with E-state index in [1.807, 2.05) is 0 Å². The van der Waals surface area contributed by atoms with Crippen molar-refractivity contribution >= 4 is 0 Å². The summed E-state index contributed by atoms with van der Waals surface area (Å²) in [5.74, 6) is 0.844. The maximum atomic E-state index is 2.69. The predicted molar refractivity (Wildman–Crippen MR) is 56.8 cm³/mol. The van der Waals surface area contributed by atoms with E-state index in [0.29, 0.717) is 0 Å². The lowest BCUT2D eigenvalue weighted by molar-refractivity contribution is 0.242. The highest BCUT2D eigenvalue weighted by atomic mass is 15.2. The highest BCUT2D eigenvalue weighted by molar-refractivity contribution is 4.93. The minimum Gasteiger partial charge on any atom is -0.303 e. The minimum absolute atomic E-state index is 0.773. The molecule has 1 saturated carbocycles. The van der Waals surface area contributed by atoms with E-state index in [2.05, 4.69) is 18.7 Å². The van der Waals surface area contributed by atoms with Gasteiger partial charge in [0.25, 0.3) is 0 Å². The molecule has 1 heteroatoms. The third-order valence-corrected chi connectivity index (χ3v) is 3.80. The first-order valence-corrected chi connectivity index (χ1v) is 5.93. The molecule has 0 bridgehead atoms. The molecule has 0 aromatic rings. The van der Waals surface area contributed by atoms with E-state index in [0.717, 1.165) is 11.3 Å². The SMILES string of the molecule is CC(C)CN1CCC2(CCCC2)C1. The normalized spacial score (nSPS) is 27.9. The number of hydrogen-bond acceptors (Lipinski definition) is 1. The van der Waals surface area contributed by atoms with Crippen LogP contribution in [-0.2, 0) is 0 Å². The van der Waals surface area contributed by atoms with Gasteiger partial charge in [0.15, 0.2) is 0 Å². The zero-order chi connectivity index (χ0) is 9.31. The van der Waals surface area contributed by atoms with Crippen LogP contribution >= 0.6 is 0 Å². The number of likely N-dealkylation sites (tertiary alicyclic amines) is 1. The number of hydrogen-bond donors (Lipinski definition) is 0. The molecule has 0 radical (unpaired) electrons. The van der Waals surface area contributed by atoms with Crippen LogP contribution < -0.4 is 0 Å². The molecule has 13 heavy (non-hydrogen) atoms. The average molecular weight is 181 g/mol. The van der Waals surface area contributed by atoms with E-state index < -0.39 is 0 Å². The second kappa shape index (κ2) is 3.61. The fourth-order valence-corrected chi connectivity index (χ4v) is 3.23. The van der Waals surface area contributed by atoms with Gasteiger partial charge in [-0.05, 0) is 37.1 Å². The Morgan fingerprint density at radius 3 is 2.46 bits per heavy atom. The van der Waals surface area contributed by atoms with E-state index in [9.17, 15) is 0 Å². The van der Waals surface area contributed by atoms with Gasteiger partial charge in [-0.25, -0.2) is 0 Å². The molecule has 2 aliphatic rings. The lowest BCUT2D eigenvalue weighted by atomic mass is 9.86. The second-order valence-corrected chi connectivity index (χ2v) is 5.59. The largest absolute Gasteiger partial charge is 0.303 e. The van der Waals surface area contributed by atoms with Gasteiger partial charge in [0, 0.05) is 13.1 Å². The van der Waals surface area contributed by atoms with Gasteiger partial charge in [0.1, 0.15) is 0 Å². The molecular formula is C12H23N. The van der Waals surface area contributed by atoms with Crippen LogP contribution in [0.5, 0.6) is 0 Å². The van der Waals surface area contributed by atoms with Crippen molar-refractivity contribution in [1.29, 1.82) is 0 Å². The van der Waals surface area contributed by atoms with Gasteiger partial charge in [-0.15, -0.1) is 0 Å². The van der Waals surface area contributed by atoms with Crippen molar-refractivity contribution < 1.29 is 0 Å². The lowest BCUT2D eigenvalue weighted by Gasteiger charge is -2.24. The van der Waals surface area contributed by atoms with Crippen molar-refractivity contribution in [3.8, 4) is 0 Å². The Balaban J connectivity index is 1.86. The number of nitrogens with zero attached hydrogens (tertiary/aromatic N) is 1. The highest BCUT2D eigenvalue weighted by Gasteiger charge is 2.39. The molecule has 1 aliphatic heterocycles. The van der Waals surface area contributed by atoms with Crippen LogP contribution in [0.25, 0.3) is 0 Å². The van der Waals surface area contributed by atoms with Crippen molar-refractivity contribution in [2.45, 2.75) is 46.0 Å². The molecule has 0 atom stereocenters. The summed E-state index contributed by atoms with van der Waals surface area (Å²) in [4.78, 5) is 2.69. The molecule has 0 aromatic carbocycles. The van der Waals surface area contributed by atoms with Crippen molar-refractivity contribution in [3.05, 3.63) is 0 Å². The average Bonchev–Trinajstić information content (AvgIpc) is 2.63. The molecule has 1 nitrogen and oxygen atoms in total. The maximum Gasteiger partial charge on any atom is 0.00386 e. The van der Waals surface area contributed by atoms with Gasteiger partial charge in [0.05, 0.1) is 0 Å². The maximum absolute atomic E-state index is 2.69. The molecule has 1 spiro atoms. The first-order valence-electron chi connectivity index (χ1n) is 5.93. The molecule has 2 fully saturated rings. The highest BCUT2D eigenvalue weighted by Crippen LogP contribution is 2.45. The van der Waals surface area contributed by atoms with Crippen LogP contribution in [-0.4, -0.2) is 24.5 Å². The van der Waals surface area contributed by atoms with Crippen LogP contribution in [0.2, 0.25) is 0 Å². The molecule has 0 N–H and O–H groups in total. The third kappa shape index (κ3) is 2.07. The van der Waals surface area contributed by atoms with Crippen molar-refractivity contribution in [2.24, 2.45) is 11.3 Å². The molecule has 0 unspecified atom stereocenters. The smallest absolute Gasteiger partial charge is 0.00386 e. The van der Waals surface area contributed by atoms with E-state index in [1.54, 1.807) is 0 Å². The molecule has 1 aliphatic carbocycles.